The Kier molecular flexibility index (Phi) is 4.34. The third kappa shape index (κ3) is 3.37. The summed E-state index contributed by atoms with van der Waals surface area (Å²) in [5.41, 5.74) is 3.14. The largest absolute Gasteiger partial charge is 0.442 e. The Morgan fingerprint density at radius 1 is 1.35 bits per heavy atom. The van der Waals surface area contributed by atoms with Crippen molar-refractivity contribution in [2.24, 2.45) is 0 Å². The number of nitrogens with one attached hydrogen (secondary N) is 1. The number of ether oxygens (including phenoxy) is 1. The number of rotatable bonds is 4. The van der Waals surface area contributed by atoms with E-state index < -0.39 is 0 Å². The minimum atomic E-state index is -0.372. The van der Waals surface area contributed by atoms with Gasteiger partial charge in [0.25, 0.3) is 5.91 Å². The summed E-state index contributed by atoms with van der Waals surface area (Å²) in [4.78, 5) is 26.2. The number of thiophene rings is 1. The van der Waals surface area contributed by atoms with Gasteiger partial charge in [-0.15, -0.1) is 11.3 Å². The van der Waals surface area contributed by atoms with Crippen LogP contribution in [0.15, 0.2) is 35.7 Å². The standard InChI is InChI=1S/C17H18N2O3S/c1-11-5-6-13(8-12(11)2)19-10-14(22-17(19)21)9-18-16(20)15-4-3-7-23-15/h3-8,14H,9-10H2,1-2H3,(H,18,20)/t14-/m0/s1. The first-order valence-electron chi connectivity index (χ1n) is 7.41. The van der Waals surface area contributed by atoms with Gasteiger partial charge in [-0.1, -0.05) is 12.1 Å². The van der Waals surface area contributed by atoms with Crippen molar-refractivity contribution in [1.29, 1.82) is 0 Å². The van der Waals surface area contributed by atoms with Crippen LogP contribution in [0.3, 0.4) is 0 Å². The highest BCUT2D eigenvalue weighted by molar-refractivity contribution is 7.12. The van der Waals surface area contributed by atoms with E-state index >= 15 is 0 Å². The summed E-state index contributed by atoms with van der Waals surface area (Å²) in [7, 11) is 0. The van der Waals surface area contributed by atoms with E-state index in [1.165, 1.54) is 16.9 Å². The molecular weight excluding hydrogens is 312 g/mol. The lowest BCUT2D eigenvalue weighted by atomic mass is 10.1. The lowest BCUT2D eigenvalue weighted by Crippen LogP contribution is -2.34. The molecule has 0 spiro atoms. The molecule has 1 atom stereocenters. The summed E-state index contributed by atoms with van der Waals surface area (Å²) in [6.07, 6.45) is -0.711. The number of hydrogen-bond acceptors (Lipinski definition) is 4. The molecule has 1 aliphatic rings. The van der Waals surface area contributed by atoms with Crippen molar-refractivity contribution in [2.45, 2.75) is 20.0 Å². The molecule has 5 nitrogen and oxygen atoms in total. The second-order valence-electron chi connectivity index (χ2n) is 5.57. The van der Waals surface area contributed by atoms with Gasteiger partial charge in [-0.25, -0.2) is 4.79 Å². The predicted molar refractivity (Wildman–Crippen MR) is 90.2 cm³/mol. The van der Waals surface area contributed by atoms with Crippen molar-refractivity contribution in [1.82, 2.24) is 5.32 Å². The molecule has 0 radical (unpaired) electrons. The number of hydrogen-bond donors (Lipinski definition) is 1. The van der Waals surface area contributed by atoms with Crippen LogP contribution in [0.1, 0.15) is 20.8 Å². The number of amides is 2. The first-order valence-corrected chi connectivity index (χ1v) is 8.29. The first kappa shape index (κ1) is 15.6. The van der Waals surface area contributed by atoms with E-state index in [1.807, 2.05) is 43.5 Å². The molecule has 2 amide bonds. The number of anilines is 1. The zero-order valence-electron chi connectivity index (χ0n) is 13.0. The van der Waals surface area contributed by atoms with Crippen LogP contribution in [-0.4, -0.2) is 31.2 Å². The maximum atomic E-state index is 12.0. The van der Waals surface area contributed by atoms with Crippen LogP contribution in [0.2, 0.25) is 0 Å². The smallest absolute Gasteiger partial charge is 0.414 e. The number of benzene rings is 1. The van der Waals surface area contributed by atoms with Gasteiger partial charge in [-0.3, -0.25) is 9.69 Å². The van der Waals surface area contributed by atoms with E-state index in [0.29, 0.717) is 18.0 Å². The monoisotopic (exact) mass is 330 g/mol. The van der Waals surface area contributed by atoms with Crippen LogP contribution < -0.4 is 10.2 Å². The van der Waals surface area contributed by atoms with Crippen molar-refractivity contribution in [3.63, 3.8) is 0 Å². The van der Waals surface area contributed by atoms with E-state index in [1.54, 1.807) is 11.0 Å². The lowest BCUT2D eigenvalue weighted by molar-refractivity contribution is 0.0920. The maximum Gasteiger partial charge on any atom is 0.414 e. The van der Waals surface area contributed by atoms with Gasteiger partial charge in [0.1, 0.15) is 6.10 Å². The molecule has 1 saturated heterocycles. The molecule has 3 rings (SSSR count). The quantitative estimate of drug-likeness (QED) is 0.937. The Hall–Kier alpha value is -2.34. The van der Waals surface area contributed by atoms with Crippen molar-refractivity contribution in [3.8, 4) is 0 Å². The minimum absolute atomic E-state index is 0.138. The molecule has 1 fully saturated rings. The van der Waals surface area contributed by atoms with Gasteiger partial charge in [0.15, 0.2) is 0 Å². The third-order valence-corrected chi connectivity index (χ3v) is 4.78. The predicted octanol–water partition coefficient (Wildman–Crippen LogP) is 3.12. The Bertz CT molecular complexity index is 727. The second kappa shape index (κ2) is 6.42. The molecule has 0 unspecified atom stereocenters. The van der Waals surface area contributed by atoms with Crippen LogP contribution in [0.25, 0.3) is 0 Å². The molecule has 0 saturated carbocycles. The van der Waals surface area contributed by atoms with Gasteiger partial charge < -0.3 is 10.1 Å². The summed E-state index contributed by atoms with van der Waals surface area (Å²) < 4.78 is 5.34. The Morgan fingerprint density at radius 2 is 2.17 bits per heavy atom. The normalized spacial score (nSPS) is 17.2. The number of cyclic esters (lactones) is 1. The SMILES string of the molecule is Cc1ccc(N2C[C@H](CNC(=O)c3cccs3)OC2=O)cc1C. The van der Waals surface area contributed by atoms with E-state index in [4.69, 9.17) is 4.74 Å². The second-order valence-corrected chi connectivity index (χ2v) is 6.52. The van der Waals surface area contributed by atoms with Crippen LogP contribution in [0, 0.1) is 13.8 Å². The zero-order valence-corrected chi connectivity index (χ0v) is 13.9. The fourth-order valence-corrected chi connectivity index (χ4v) is 3.07. The fourth-order valence-electron chi connectivity index (χ4n) is 2.43. The van der Waals surface area contributed by atoms with Gasteiger partial charge in [-0.05, 0) is 48.6 Å². The van der Waals surface area contributed by atoms with Gasteiger partial charge in [0.2, 0.25) is 0 Å². The zero-order chi connectivity index (χ0) is 16.4. The molecule has 120 valence electrons. The average Bonchev–Trinajstić information content (AvgIpc) is 3.17. The first-order chi connectivity index (χ1) is 11.0. The molecule has 2 aromatic rings. The third-order valence-electron chi connectivity index (χ3n) is 3.91. The van der Waals surface area contributed by atoms with Crippen LogP contribution in [0.4, 0.5) is 10.5 Å². The van der Waals surface area contributed by atoms with E-state index in [0.717, 1.165) is 11.3 Å². The molecule has 6 heteroatoms. The molecule has 23 heavy (non-hydrogen) atoms. The van der Waals surface area contributed by atoms with Crippen molar-refractivity contribution < 1.29 is 14.3 Å². The molecule has 1 aromatic carbocycles. The number of aryl methyl sites for hydroxylation is 2. The Balaban J connectivity index is 1.61. The highest BCUT2D eigenvalue weighted by atomic mass is 32.1. The maximum absolute atomic E-state index is 12.0. The van der Waals surface area contributed by atoms with Gasteiger partial charge in [-0.2, -0.15) is 0 Å². The highest BCUT2D eigenvalue weighted by Gasteiger charge is 2.32. The molecule has 0 bridgehead atoms. The van der Waals surface area contributed by atoms with Crippen LogP contribution >= 0.6 is 11.3 Å². The van der Waals surface area contributed by atoms with Crippen molar-refractivity contribution in [2.75, 3.05) is 18.0 Å². The van der Waals surface area contributed by atoms with E-state index in [9.17, 15) is 9.59 Å². The molecule has 0 aliphatic carbocycles. The van der Waals surface area contributed by atoms with Gasteiger partial charge in [0, 0.05) is 5.69 Å². The van der Waals surface area contributed by atoms with Crippen LogP contribution in [-0.2, 0) is 4.74 Å². The minimum Gasteiger partial charge on any atom is -0.442 e. The van der Waals surface area contributed by atoms with Crippen molar-refractivity contribution >= 4 is 29.0 Å². The van der Waals surface area contributed by atoms with Gasteiger partial charge >= 0.3 is 6.09 Å². The summed E-state index contributed by atoms with van der Waals surface area (Å²) in [6.45, 7) is 4.79. The molecule has 1 aromatic heterocycles. The molecule has 1 aliphatic heterocycles. The number of carbonyl (C=O) groups is 2. The Labute approximate surface area is 138 Å². The molecular formula is C17H18N2O3S. The summed E-state index contributed by atoms with van der Waals surface area (Å²) >= 11 is 1.38. The number of nitrogens with zero attached hydrogens (tertiary/aromatic N) is 1. The van der Waals surface area contributed by atoms with E-state index in [2.05, 4.69) is 5.32 Å². The Morgan fingerprint density at radius 3 is 2.87 bits per heavy atom. The summed E-state index contributed by atoms with van der Waals surface area (Å²) in [6, 6.07) is 9.47. The highest BCUT2D eigenvalue weighted by Crippen LogP contribution is 2.24. The molecule has 1 N–H and O–H groups in total. The van der Waals surface area contributed by atoms with Crippen LogP contribution in [0.5, 0.6) is 0 Å². The topological polar surface area (TPSA) is 58.6 Å². The average molecular weight is 330 g/mol. The summed E-state index contributed by atoms with van der Waals surface area (Å²) in [5, 5.41) is 4.66. The van der Waals surface area contributed by atoms with Gasteiger partial charge in [0.05, 0.1) is 18.0 Å². The number of carbonyl (C=O) groups excluding carboxylic acids is 2. The fraction of sp³-hybridized carbons (Fsp3) is 0.294. The van der Waals surface area contributed by atoms with Crippen molar-refractivity contribution in [3.05, 3.63) is 51.7 Å². The summed E-state index contributed by atoms with van der Waals surface area (Å²) in [5.74, 6) is -0.138. The van der Waals surface area contributed by atoms with E-state index in [-0.39, 0.29) is 18.1 Å². The lowest BCUT2D eigenvalue weighted by Gasteiger charge is -2.14. The molecule has 2 heterocycles.